The quantitative estimate of drug-likeness (QED) is 0.438. The molecule has 0 aromatic rings. The van der Waals surface area contributed by atoms with Gasteiger partial charge in [-0.1, -0.05) is 0 Å². The van der Waals surface area contributed by atoms with Crippen molar-refractivity contribution in [2.24, 2.45) is 0 Å². The van der Waals surface area contributed by atoms with Gasteiger partial charge in [-0.25, -0.2) is 0 Å². The molecule has 0 aliphatic heterocycles. The molecule has 0 spiro atoms. The van der Waals surface area contributed by atoms with Gasteiger partial charge in [-0.2, -0.15) is 0 Å². The first kappa shape index (κ1) is 3.12. The lowest BCUT2D eigenvalue weighted by Crippen LogP contribution is -2.03. The number of aliphatic hydroxyl groups is 2. The van der Waals surface area contributed by atoms with Crippen molar-refractivity contribution in [1.29, 1.82) is 0 Å². The first-order valence-corrected chi connectivity index (χ1v) is 1.39. The molecule has 0 saturated heterocycles. The fourth-order valence-electron chi connectivity index (χ4n) is 0. The van der Waals surface area contributed by atoms with Crippen LogP contribution in [-0.2, 0) is 0 Å². The van der Waals surface area contributed by atoms with Crippen LogP contribution in [-0.4, -0.2) is 22.9 Å². The largest absolute Gasteiger partial charge is 0.394 e. The molecule has 0 saturated carbocycles. The summed E-state index contributed by atoms with van der Waals surface area (Å²) in [4.78, 5) is 0. The first-order valence-electron chi connectivity index (χ1n) is 2.10. The third-order valence-corrected chi connectivity index (χ3v) is 0.211. The smallest absolute Gasteiger partial charge is 0.0742 e. The Morgan fingerprint density at radius 2 is 2.80 bits per heavy atom. The van der Waals surface area contributed by atoms with Crippen LogP contribution in [0.1, 0.15) is 8.27 Å². The van der Waals surface area contributed by atoms with Crippen LogP contribution in [0.4, 0.5) is 0 Å². The number of rotatable bonds is 1. The molecule has 2 heteroatoms. The SMILES string of the molecule is [3H]CC(O)CO. The molecule has 0 heterocycles. The van der Waals surface area contributed by atoms with Crippen molar-refractivity contribution in [2.75, 3.05) is 6.61 Å². The van der Waals surface area contributed by atoms with Gasteiger partial charge in [0.25, 0.3) is 0 Å². The van der Waals surface area contributed by atoms with E-state index in [1.165, 1.54) is 0 Å². The Morgan fingerprint density at radius 1 is 2.20 bits per heavy atom. The maximum atomic E-state index is 8.23. The van der Waals surface area contributed by atoms with Crippen LogP contribution < -0.4 is 0 Å². The molecule has 2 N–H and O–H groups in total. The molecule has 0 aromatic carbocycles. The predicted octanol–water partition coefficient (Wildman–Crippen LogP) is -0.641. The van der Waals surface area contributed by atoms with Crippen molar-refractivity contribution in [1.82, 2.24) is 0 Å². The predicted molar refractivity (Wildman–Crippen MR) is 18.8 cm³/mol. The van der Waals surface area contributed by atoms with Crippen molar-refractivity contribution in [3.63, 3.8) is 0 Å². The van der Waals surface area contributed by atoms with E-state index in [2.05, 4.69) is 0 Å². The molecular formula is C3H8O2. The minimum Gasteiger partial charge on any atom is -0.394 e. The van der Waals surface area contributed by atoms with Crippen molar-refractivity contribution in [3.05, 3.63) is 0 Å². The molecule has 0 aromatic heterocycles. The first-order chi connectivity index (χ1) is 2.81. The van der Waals surface area contributed by atoms with Crippen molar-refractivity contribution >= 4 is 0 Å². The van der Waals surface area contributed by atoms with Crippen molar-refractivity contribution in [2.45, 2.75) is 13.0 Å². The molecule has 0 rings (SSSR count). The van der Waals surface area contributed by atoms with Crippen LogP contribution >= 0.6 is 0 Å². The lowest BCUT2D eigenvalue weighted by molar-refractivity contribution is 0.110. The van der Waals surface area contributed by atoms with Crippen LogP contribution in [0.2, 0.25) is 0 Å². The van der Waals surface area contributed by atoms with E-state index in [0.29, 0.717) is 0 Å². The van der Waals surface area contributed by atoms with Crippen LogP contribution in [0.25, 0.3) is 0 Å². The second-order valence-electron chi connectivity index (χ2n) is 0.836. The zero-order chi connectivity index (χ0) is 4.99. The monoisotopic (exact) mass is 78.1 g/mol. The Kier molecular flexibility index (Phi) is 1.36. The van der Waals surface area contributed by atoms with Crippen LogP contribution in [0.3, 0.4) is 0 Å². The van der Waals surface area contributed by atoms with Gasteiger partial charge in [0.05, 0.1) is 12.7 Å². The van der Waals surface area contributed by atoms with E-state index in [1.807, 2.05) is 0 Å². The van der Waals surface area contributed by atoms with Crippen LogP contribution in [0.5, 0.6) is 0 Å². The fraction of sp³-hybridized carbons (Fsp3) is 1.00. The van der Waals surface area contributed by atoms with Gasteiger partial charge in [0.2, 0.25) is 0 Å². The summed E-state index contributed by atoms with van der Waals surface area (Å²) in [6, 6.07) is 0. The molecule has 1 atom stereocenters. The molecule has 0 fully saturated rings. The maximum Gasteiger partial charge on any atom is 0.0742 e. The van der Waals surface area contributed by atoms with E-state index in [-0.39, 0.29) is 13.5 Å². The Bertz CT molecular complexity index is 28.0. The normalized spacial score (nSPS) is 17.6. The lowest BCUT2D eigenvalue weighted by atomic mass is 10.5. The number of aliphatic hydroxyl groups excluding tert-OH is 2. The summed E-state index contributed by atoms with van der Waals surface area (Å²) >= 11 is 0. The summed E-state index contributed by atoms with van der Waals surface area (Å²) in [6.07, 6.45) is -0.843. The standard InChI is InChI=1S/C3H8O2/c1-3(5)2-4/h3-5H,2H2,1H3/i1T. The minimum atomic E-state index is -0.843. The van der Waals surface area contributed by atoms with Gasteiger partial charge in [-0.05, 0) is 6.90 Å². The van der Waals surface area contributed by atoms with Gasteiger partial charge in [0, 0.05) is 1.37 Å². The van der Waals surface area contributed by atoms with Gasteiger partial charge < -0.3 is 10.2 Å². The third-order valence-electron chi connectivity index (χ3n) is 0.211. The van der Waals surface area contributed by atoms with E-state index in [4.69, 9.17) is 11.6 Å². The molecule has 0 amide bonds. The Morgan fingerprint density at radius 3 is 2.80 bits per heavy atom. The van der Waals surface area contributed by atoms with Gasteiger partial charge in [-0.3, -0.25) is 0 Å². The van der Waals surface area contributed by atoms with E-state index >= 15 is 0 Å². The molecule has 0 aliphatic carbocycles. The molecular weight excluding hydrogens is 68.0 g/mol. The third kappa shape index (κ3) is 3.92. The Hall–Kier alpha value is -0.0800. The lowest BCUT2D eigenvalue weighted by Gasteiger charge is -1.90. The highest BCUT2D eigenvalue weighted by Gasteiger charge is 1.83. The molecule has 0 bridgehead atoms. The highest BCUT2D eigenvalue weighted by molar-refractivity contribution is 4.33. The second-order valence-corrected chi connectivity index (χ2v) is 0.836. The number of hydrogen-bond donors (Lipinski definition) is 2. The zero-order valence-corrected chi connectivity index (χ0v) is 2.89. The van der Waals surface area contributed by atoms with Crippen molar-refractivity contribution in [3.8, 4) is 0 Å². The Labute approximate surface area is 32.5 Å². The topological polar surface area (TPSA) is 40.5 Å². The molecule has 0 aliphatic rings. The van der Waals surface area contributed by atoms with Crippen molar-refractivity contribution < 1.29 is 11.6 Å². The fourth-order valence-corrected chi connectivity index (χ4v) is 0. The summed E-state index contributed by atoms with van der Waals surface area (Å²) < 4.78 is 6.40. The molecule has 32 valence electrons. The zero-order valence-electron chi connectivity index (χ0n) is 3.89. The van der Waals surface area contributed by atoms with Crippen LogP contribution in [0, 0.1) is 0 Å². The highest BCUT2D eigenvalue weighted by atomic mass is 16.3. The number of hydrogen-bond acceptors (Lipinski definition) is 2. The van der Waals surface area contributed by atoms with E-state index < -0.39 is 6.10 Å². The van der Waals surface area contributed by atoms with Gasteiger partial charge >= 0.3 is 0 Å². The molecule has 2 nitrogen and oxygen atoms in total. The summed E-state index contributed by atoms with van der Waals surface area (Å²) in [5.74, 6) is 0. The minimum absolute atomic E-state index is 0.115. The van der Waals surface area contributed by atoms with Gasteiger partial charge in [-0.15, -0.1) is 0 Å². The summed E-state index contributed by atoms with van der Waals surface area (Å²) in [7, 11) is 0. The van der Waals surface area contributed by atoms with E-state index in [0.717, 1.165) is 0 Å². The molecule has 1 unspecified atom stereocenters. The summed E-state index contributed by atoms with van der Waals surface area (Å²) in [6.45, 7) is -0.417. The van der Waals surface area contributed by atoms with E-state index in [9.17, 15) is 0 Å². The van der Waals surface area contributed by atoms with Gasteiger partial charge in [0.1, 0.15) is 0 Å². The average Bonchev–Trinajstić information content (AvgIpc) is 1.65. The second kappa shape index (κ2) is 2.18. The summed E-state index contributed by atoms with van der Waals surface area (Å²) in [5.41, 5.74) is 0. The average molecular weight is 78.1 g/mol. The Balaban J connectivity index is 2.75. The molecule has 5 heavy (non-hydrogen) atoms. The summed E-state index contributed by atoms with van der Waals surface area (Å²) in [5, 5.41) is 16.2. The maximum absolute atomic E-state index is 8.23. The van der Waals surface area contributed by atoms with Crippen LogP contribution in [0.15, 0.2) is 0 Å². The van der Waals surface area contributed by atoms with Gasteiger partial charge in [0.15, 0.2) is 0 Å². The molecule has 0 radical (unpaired) electrons. The highest BCUT2D eigenvalue weighted by Crippen LogP contribution is 1.68. The van der Waals surface area contributed by atoms with E-state index in [1.54, 1.807) is 0 Å².